The van der Waals surface area contributed by atoms with Gasteiger partial charge in [0.2, 0.25) is 5.82 Å². The van der Waals surface area contributed by atoms with Crippen LogP contribution in [0.25, 0.3) is 0 Å². The molecule has 7 nitrogen and oxygen atoms in total. The Morgan fingerprint density at radius 3 is 2.70 bits per heavy atom. The number of rotatable bonds is 4. The van der Waals surface area contributed by atoms with Gasteiger partial charge in [-0.2, -0.15) is 0 Å². The van der Waals surface area contributed by atoms with Crippen LogP contribution < -0.4 is 16.6 Å². The monoisotopic (exact) mass is 277 g/mol. The van der Waals surface area contributed by atoms with E-state index in [1.54, 1.807) is 13.0 Å². The molecule has 0 aliphatic carbocycles. The molecule has 1 heterocycles. The van der Waals surface area contributed by atoms with Crippen LogP contribution in [0.4, 0.5) is 27.4 Å². The molecule has 1 aromatic carbocycles. The number of hydrazine groups is 1. The van der Waals surface area contributed by atoms with Gasteiger partial charge in [0.25, 0.3) is 0 Å². The van der Waals surface area contributed by atoms with Crippen molar-refractivity contribution in [2.45, 2.75) is 6.92 Å². The summed E-state index contributed by atoms with van der Waals surface area (Å²) in [5, 5.41) is 13.5. The number of nitrogens with zero attached hydrogens (tertiary/aromatic N) is 2. The molecule has 0 unspecified atom stereocenters. The van der Waals surface area contributed by atoms with Gasteiger partial charge in [-0.1, -0.05) is 6.07 Å². The minimum Gasteiger partial charge on any atom is -0.332 e. The van der Waals surface area contributed by atoms with Crippen molar-refractivity contribution in [3.05, 3.63) is 51.8 Å². The lowest BCUT2D eigenvalue weighted by molar-refractivity contribution is -0.384. The molecule has 0 bridgehead atoms. The minimum absolute atomic E-state index is 0.0896. The standard InChI is InChI=1S/C12H12FN5O2/c1-7-2-3-9(8(13)6-7)15-12-10(18(19)20)4-5-11(16-12)17-14/h2-6H,14H2,1H3,(H2,15,16,17). The maximum absolute atomic E-state index is 13.8. The van der Waals surface area contributed by atoms with Crippen molar-refractivity contribution in [2.24, 2.45) is 5.84 Å². The van der Waals surface area contributed by atoms with Gasteiger partial charge in [0.1, 0.15) is 11.6 Å². The van der Waals surface area contributed by atoms with E-state index in [0.29, 0.717) is 0 Å². The topological polar surface area (TPSA) is 106 Å². The van der Waals surface area contributed by atoms with Gasteiger partial charge >= 0.3 is 5.69 Å². The lowest BCUT2D eigenvalue weighted by atomic mass is 10.2. The predicted octanol–water partition coefficient (Wildman–Crippen LogP) is 2.47. The van der Waals surface area contributed by atoms with Crippen LogP contribution in [0.2, 0.25) is 0 Å². The number of nitrogens with one attached hydrogen (secondary N) is 2. The zero-order valence-electron chi connectivity index (χ0n) is 10.6. The number of nitro groups is 1. The zero-order valence-corrected chi connectivity index (χ0v) is 10.6. The summed E-state index contributed by atoms with van der Waals surface area (Å²) in [6.07, 6.45) is 0. The molecule has 0 spiro atoms. The third kappa shape index (κ3) is 2.81. The second-order valence-electron chi connectivity index (χ2n) is 4.07. The summed E-state index contributed by atoms with van der Waals surface area (Å²) >= 11 is 0. The van der Waals surface area contributed by atoms with Crippen LogP contribution in [0.1, 0.15) is 5.56 Å². The first-order valence-corrected chi connectivity index (χ1v) is 5.66. The first kappa shape index (κ1) is 13.7. The summed E-state index contributed by atoms with van der Waals surface area (Å²) in [5.41, 5.74) is 2.84. The van der Waals surface area contributed by atoms with Gasteiger partial charge in [-0.3, -0.25) is 10.1 Å². The number of pyridine rings is 1. The number of hydrogen-bond donors (Lipinski definition) is 3. The third-order valence-electron chi connectivity index (χ3n) is 2.60. The molecule has 0 saturated heterocycles. The normalized spacial score (nSPS) is 10.2. The molecule has 4 N–H and O–H groups in total. The molecule has 0 aliphatic heterocycles. The fourth-order valence-electron chi connectivity index (χ4n) is 1.62. The number of benzene rings is 1. The van der Waals surface area contributed by atoms with Crippen LogP contribution >= 0.6 is 0 Å². The van der Waals surface area contributed by atoms with Gasteiger partial charge in [0, 0.05) is 6.07 Å². The van der Waals surface area contributed by atoms with E-state index < -0.39 is 10.7 Å². The molecule has 0 saturated carbocycles. The Bertz CT molecular complexity index is 662. The maximum Gasteiger partial charge on any atom is 0.311 e. The van der Waals surface area contributed by atoms with Crippen LogP contribution in [0.5, 0.6) is 0 Å². The number of aryl methyl sites for hydroxylation is 1. The highest BCUT2D eigenvalue weighted by molar-refractivity contribution is 5.68. The molecule has 2 rings (SSSR count). The Kier molecular flexibility index (Phi) is 3.76. The predicted molar refractivity (Wildman–Crippen MR) is 73.1 cm³/mol. The van der Waals surface area contributed by atoms with E-state index in [-0.39, 0.29) is 23.0 Å². The fraction of sp³-hybridized carbons (Fsp3) is 0.0833. The van der Waals surface area contributed by atoms with Crippen molar-refractivity contribution in [1.29, 1.82) is 0 Å². The van der Waals surface area contributed by atoms with Crippen molar-refractivity contribution >= 4 is 23.0 Å². The Morgan fingerprint density at radius 1 is 1.35 bits per heavy atom. The summed E-state index contributed by atoms with van der Waals surface area (Å²) in [6, 6.07) is 7.07. The van der Waals surface area contributed by atoms with Crippen LogP contribution in [0, 0.1) is 22.9 Å². The molecule has 0 amide bonds. The van der Waals surface area contributed by atoms with Crippen LogP contribution in [-0.4, -0.2) is 9.91 Å². The SMILES string of the molecule is Cc1ccc(Nc2nc(NN)ccc2[N+](=O)[O-])c(F)c1. The van der Waals surface area contributed by atoms with Crippen LogP contribution in [0.3, 0.4) is 0 Å². The molecule has 1 aromatic heterocycles. The summed E-state index contributed by atoms with van der Waals surface area (Å²) in [6.45, 7) is 1.74. The molecule has 0 aliphatic rings. The maximum atomic E-state index is 13.8. The van der Waals surface area contributed by atoms with E-state index in [1.165, 1.54) is 24.3 Å². The van der Waals surface area contributed by atoms with E-state index in [1.807, 2.05) is 0 Å². The smallest absolute Gasteiger partial charge is 0.311 e. The van der Waals surface area contributed by atoms with Gasteiger partial charge in [-0.05, 0) is 30.7 Å². The number of nitrogens with two attached hydrogens (primary N) is 1. The van der Waals surface area contributed by atoms with Crippen LogP contribution in [0.15, 0.2) is 30.3 Å². The Morgan fingerprint density at radius 2 is 2.10 bits per heavy atom. The molecule has 104 valence electrons. The molecule has 2 aromatic rings. The fourth-order valence-corrected chi connectivity index (χ4v) is 1.62. The number of hydrogen-bond acceptors (Lipinski definition) is 6. The lowest BCUT2D eigenvalue weighted by Crippen LogP contribution is -2.10. The molecule has 0 atom stereocenters. The minimum atomic E-state index is -0.609. The Balaban J connectivity index is 2.43. The molecular weight excluding hydrogens is 265 g/mol. The molecule has 20 heavy (non-hydrogen) atoms. The van der Waals surface area contributed by atoms with E-state index in [2.05, 4.69) is 15.7 Å². The van der Waals surface area contributed by atoms with Crippen molar-refractivity contribution in [3.63, 3.8) is 0 Å². The van der Waals surface area contributed by atoms with Crippen molar-refractivity contribution in [3.8, 4) is 0 Å². The molecule has 0 fully saturated rings. The largest absolute Gasteiger partial charge is 0.332 e. The van der Waals surface area contributed by atoms with Gasteiger partial charge in [0.05, 0.1) is 10.6 Å². The van der Waals surface area contributed by atoms with E-state index in [9.17, 15) is 14.5 Å². The number of nitrogen functional groups attached to an aromatic ring is 1. The number of halogens is 1. The van der Waals surface area contributed by atoms with E-state index in [4.69, 9.17) is 5.84 Å². The van der Waals surface area contributed by atoms with Crippen molar-refractivity contribution < 1.29 is 9.31 Å². The highest BCUT2D eigenvalue weighted by Crippen LogP contribution is 2.28. The number of anilines is 3. The van der Waals surface area contributed by atoms with Gasteiger partial charge in [0.15, 0.2) is 0 Å². The van der Waals surface area contributed by atoms with E-state index in [0.717, 1.165) is 5.56 Å². The second-order valence-corrected chi connectivity index (χ2v) is 4.07. The summed E-state index contributed by atoms with van der Waals surface area (Å²) < 4.78 is 13.8. The van der Waals surface area contributed by atoms with Crippen molar-refractivity contribution in [2.75, 3.05) is 10.7 Å². The van der Waals surface area contributed by atoms with Crippen molar-refractivity contribution in [1.82, 2.24) is 4.98 Å². The average Bonchev–Trinajstić information content (AvgIpc) is 2.41. The average molecular weight is 277 g/mol. The number of aromatic nitrogens is 1. The van der Waals surface area contributed by atoms with Crippen LogP contribution in [-0.2, 0) is 0 Å². The first-order valence-electron chi connectivity index (χ1n) is 5.66. The zero-order chi connectivity index (χ0) is 14.7. The highest BCUT2D eigenvalue weighted by Gasteiger charge is 2.17. The third-order valence-corrected chi connectivity index (χ3v) is 2.60. The van der Waals surface area contributed by atoms with Gasteiger partial charge in [-0.15, -0.1) is 0 Å². The quantitative estimate of drug-likeness (QED) is 0.450. The molecular formula is C12H12FN5O2. The van der Waals surface area contributed by atoms with E-state index >= 15 is 0 Å². The van der Waals surface area contributed by atoms with Gasteiger partial charge < -0.3 is 10.7 Å². The highest BCUT2D eigenvalue weighted by atomic mass is 19.1. The lowest BCUT2D eigenvalue weighted by Gasteiger charge is -2.09. The molecule has 8 heteroatoms. The van der Waals surface area contributed by atoms with Gasteiger partial charge in [-0.25, -0.2) is 15.2 Å². The Hall–Kier alpha value is -2.74. The Labute approximate surface area is 113 Å². The summed E-state index contributed by atoms with van der Waals surface area (Å²) in [5.74, 6) is 4.82. The first-order chi connectivity index (χ1) is 9.51. The molecule has 0 radical (unpaired) electrons. The second kappa shape index (κ2) is 5.49. The summed E-state index contributed by atoms with van der Waals surface area (Å²) in [7, 11) is 0. The summed E-state index contributed by atoms with van der Waals surface area (Å²) in [4.78, 5) is 14.2.